The van der Waals surface area contributed by atoms with Gasteiger partial charge in [-0.15, -0.1) is 0 Å². The minimum absolute atomic E-state index is 0.0545. The number of hydrogen-bond donors (Lipinski definition) is 0. The van der Waals surface area contributed by atoms with Gasteiger partial charge in [0.05, 0.1) is 42.9 Å². The Bertz CT molecular complexity index is 925. The van der Waals surface area contributed by atoms with Crippen LogP contribution in [0.2, 0.25) is 0 Å². The van der Waals surface area contributed by atoms with Crippen LogP contribution in [-0.2, 0) is 32.7 Å². The predicted octanol–water partition coefficient (Wildman–Crippen LogP) is 3.34. The molecule has 1 aliphatic heterocycles. The Kier molecular flexibility index (Phi) is 7.36. The molecule has 3 atom stereocenters. The van der Waals surface area contributed by atoms with E-state index in [9.17, 15) is 4.79 Å². The number of carbonyl (C=O) groups excluding carboxylic acids is 1. The number of aromatic nitrogens is 4. The fourth-order valence-corrected chi connectivity index (χ4v) is 4.26. The molecule has 2 aromatic heterocycles. The Balaban J connectivity index is 1.41. The molecule has 0 aromatic carbocycles. The SMILES string of the molecule is CCOC(=O)C1CCC(Oc2ncc(-c3cnn(C)c3COC3CCCCO3)nc2C)C1. The maximum Gasteiger partial charge on any atom is 0.309 e. The summed E-state index contributed by atoms with van der Waals surface area (Å²) in [5.41, 5.74) is 3.23. The first-order valence-electron chi connectivity index (χ1n) is 11.5. The van der Waals surface area contributed by atoms with Crippen LogP contribution in [0.15, 0.2) is 12.4 Å². The number of nitrogens with zero attached hydrogens (tertiary/aromatic N) is 4. The van der Waals surface area contributed by atoms with Crippen molar-refractivity contribution in [1.82, 2.24) is 19.7 Å². The highest BCUT2D eigenvalue weighted by molar-refractivity contribution is 5.72. The molecule has 4 rings (SSSR count). The Labute approximate surface area is 188 Å². The van der Waals surface area contributed by atoms with Gasteiger partial charge in [0.2, 0.25) is 5.88 Å². The molecule has 3 unspecified atom stereocenters. The number of esters is 1. The maximum atomic E-state index is 12.0. The van der Waals surface area contributed by atoms with Gasteiger partial charge in [0.25, 0.3) is 0 Å². The zero-order valence-corrected chi connectivity index (χ0v) is 19.1. The van der Waals surface area contributed by atoms with E-state index >= 15 is 0 Å². The molecule has 1 aliphatic carbocycles. The standard InChI is InChI=1S/C23H32N4O5/c1-4-29-23(28)16-8-9-17(11-16)32-22-15(2)26-19(13-24-22)18-12-25-27(3)20(18)14-31-21-7-5-6-10-30-21/h12-13,16-17,21H,4-11,14H2,1-3H3. The summed E-state index contributed by atoms with van der Waals surface area (Å²) in [5.74, 6) is 0.265. The molecule has 9 heteroatoms. The van der Waals surface area contributed by atoms with Crippen molar-refractivity contribution in [3.63, 3.8) is 0 Å². The van der Waals surface area contributed by atoms with Gasteiger partial charge in [-0.25, -0.2) is 9.97 Å². The predicted molar refractivity (Wildman–Crippen MR) is 116 cm³/mol. The molecule has 0 bridgehead atoms. The molecule has 3 heterocycles. The highest BCUT2D eigenvalue weighted by Gasteiger charge is 2.32. The summed E-state index contributed by atoms with van der Waals surface area (Å²) in [7, 11) is 1.89. The van der Waals surface area contributed by atoms with Crippen LogP contribution in [0.5, 0.6) is 5.88 Å². The summed E-state index contributed by atoms with van der Waals surface area (Å²) < 4.78 is 24.6. The maximum absolute atomic E-state index is 12.0. The van der Waals surface area contributed by atoms with E-state index in [4.69, 9.17) is 23.9 Å². The van der Waals surface area contributed by atoms with Crippen LogP contribution in [0.3, 0.4) is 0 Å². The third kappa shape index (κ3) is 5.27. The number of hydrogen-bond acceptors (Lipinski definition) is 8. The van der Waals surface area contributed by atoms with E-state index in [0.717, 1.165) is 55.7 Å². The fourth-order valence-electron chi connectivity index (χ4n) is 4.26. The number of ether oxygens (including phenoxy) is 4. The van der Waals surface area contributed by atoms with Crippen molar-refractivity contribution in [2.24, 2.45) is 13.0 Å². The average Bonchev–Trinajstić information content (AvgIpc) is 3.41. The van der Waals surface area contributed by atoms with Crippen molar-refractivity contribution in [1.29, 1.82) is 0 Å². The summed E-state index contributed by atoms with van der Waals surface area (Å²) in [5, 5.41) is 4.38. The first-order chi connectivity index (χ1) is 15.5. The van der Waals surface area contributed by atoms with E-state index in [-0.39, 0.29) is 24.3 Å². The quantitative estimate of drug-likeness (QED) is 0.572. The largest absolute Gasteiger partial charge is 0.473 e. The van der Waals surface area contributed by atoms with Crippen LogP contribution < -0.4 is 4.74 Å². The third-order valence-corrected chi connectivity index (χ3v) is 6.07. The first kappa shape index (κ1) is 22.7. The topological polar surface area (TPSA) is 97.6 Å². The molecule has 0 spiro atoms. The van der Waals surface area contributed by atoms with Crippen molar-refractivity contribution >= 4 is 5.97 Å². The lowest BCUT2D eigenvalue weighted by Crippen LogP contribution is -2.22. The summed E-state index contributed by atoms with van der Waals surface area (Å²) >= 11 is 0. The molecule has 1 saturated carbocycles. The van der Waals surface area contributed by atoms with Crippen molar-refractivity contribution in [2.75, 3.05) is 13.2 Å². The van der Waals surface area contributed by atoms with Crippen molar-refractivity contribution in [2.45, 2.75) is 71.4 Å². The highest BCUT2D eigenvalue weighted by Crippen LogP contribution is 2.31. The highest BCUT2D eigenvalue weighted by atomic mass is 16.7. The minimum atomic E-state index is -0.167. The molecular formula is C23H32N4O5. The zero-order chi connectivity index (χ0) is 22.5. The lowest BCUT2D eigenvalue weighted by Gasteiger charge is -2.22. The Morgan fingerprint density at radius 3 is 2.88 bits per heavy atom. The molecule has 1 saturated heterocycles. The lowest BCUT2D eigenvalue weighted by molar-refractivity contribution is -0.169. The van der Waals surface area contributed by atoms with Crippen LogP contribution in [-0.4, -0.2) is 51.3 Å². The second-order valence-corrected chi connectivity index (χ2v) is 8.38. The van der Waals surface area contributed by atoms with Crippen LogP contribution in [0.25, 0.3) is 11.3 Å². The number of rotatable bonds is 8. The van der Waals surface area contributed by atoms with E-state index in [1.54, 1.807) is 17.1 Å². The second kappa shape index (κ2) is 10.4. The van der Waals surface area contributed by atoms with Crippen molar-refractivity contribution < 1.29 is 23.7 Å². The Morgan fingerprint density at radius 2 is 2.12 bits per heavy atom. The van der Waals surface area contributed by atoms with Crippen LogP contribution in [0.4, 0.5) is 0 Å². The van der Waals surface area contributed by atoms with Gasteiger partial charge in [0.15, 0.2) is 6.29 Å². The van der Waals surface area contributed by atoms with E-state index in [1.807, 2.05) is 20.9 Å². The molecule has 2 aliphatic rings. The summed E-state index contributed by atoms with van der Waals surface area (Å²) in [4.78, 5) is 21.2. The molecule has 0 N–H and O–H groups in total. The summed E-state index contributed by atoms with van der Waals surface area (Å²) in [6.45, 7) is 5.25. The van der Waals surface area contributed by atoms with Crippen LogP contribution in [0.1, 0.15) is 56.8 Å². The van der Waals surface area contributed by atoms with E-state index < -0.39 is 0 Å². The van der Waals surface area contributed by atoms with Gasteiger partial charge in [0, 0.05) is 19.2 Å². The van der Waals surface area contributed by atoms with Crippen LogP contribution in [0, 0.1) is 12.8 Å². The molecule has 9 nitrogen and oxygen atoms in total. The third-order valence-electron chi connectivity index (χ3n) is 6.07. The average molecular weight is 445 g/mol. The molecule has 2 aromatic rings. The molecule has 0 radical (unpaired) electrons. The summed E-state index contributed by atoms with van der Waals surface area (Å²) in [6.07, 6.45) is 8.62. The van der Waals surface area contributed by atoms with Gasteiger partial charge in [-0.1, -0.05) is 0 Å². The lowest BCUT2D eigenvalue weighted by atomic mass is 10.1. The second-order valence-electron chi connectivity index (χ2n) is 8.38. The molecule has 0 amide bonds. The monoisotopic (exact) mass is 444 g/mol. The smallest absolute Gasteiger partial charge is 0.309 e. The Morgan fingerprint density at radius 1 is 1.25 bits per heavy atom. The van der Waals surface area contributed by atoms with Crippen molar-refractivity contribution in [3.8, 4) is 17.1 Å². The fraction of sp³-hybridized carbons (Fsp3) is 0.652. The normalized spacial score (nSPS) is 23.3. The molecular weight excluding hydrogens is 412 g/mol. The van der Waals surface area contributed by atoms with Gasteiger partial charge in [-0.05, 0) is 52.4 Å². The molecule has 2 fully saturated rings. The zero-order valence-electron chi connectivity index (χ0n) is 19.1. The molecule has 32 heavy (non-hydrogen) atoms. The number of aryl methyl sites for hydroxylation is 2. The van der Waals surface area contributed by atoms with Gasteiger partial charge < -0.3 is 18.9 Å². The van der Waals surface area contributed by atoms with Gasteiger partial charge in [-0.3, -0.25) is 9.48 Å². The first-order valence-corrected chi connectivity index (χ1v) is 11.5. The van der Waals surface area contributed by atoms with Crippen LogP contribution >= 0.6 is 0 Å². The minimum Gasteiger partial charge on any atom is -0.473 e. The van der Waals surface area contributed by atoms with Gasteiger partial charge in [-0.2, -0.15) is 5.10 Å². The van der Waals surface area contributed by atoms with E-state index in [1.165, 1.54) is 0 Å². The van der Waals surface area contributed by atoms with Crippen molar-refractivity contribution in [3.05, 3.63) is 23.8 Å². The van der Waals surface area contributed by atoms with Gasteiger partial charge >= 0.3 is 5.97 Å². The van der Waals surface area contributed by atoms with E-state index in [0.29, 0.717) is 31.2 Å². The van der Waals surface area contributed by atoms with E-state index in [2.05, 4.69) is 10.1 Å². The molecule has 174 valence electrons. The summed E-state index contributed by atoms with van der Waals surface area (Å²) in [6, 6.07) is 0. The Hall–Kier alpha value is -2.52. The number of carbonyl (C=O) groups is 1. The van der Waals surface area contributed by atoms with Gasteiger partial charge in [0.1, 0.15) is 11.8 Å².